The van der Waals surface area contributed by atoms with E-state index in [4.69, 9.17) is 10.2 Å². The number of carboxylic acids is 2. The van der Waals surface area contributed by atoms with E-state index >= 15 is 0 Å². The number of hydrogen-bond acceptors (Lipinski definition) is 4. The van der Waals surface area contributed by atoms with E-state index in [1.165, 1.54) is 12.1 Å². The molecule has 0 saturated carbocycles. The summed E-state index contributed by atoms with van der Waals surface area (Å²) < 4.78 is 0. The first kappa shape index (κ1) is 15.2. The van der Waals surface area contributed by atoms with E-state index in [9.17, 15) is 19.2 Å². The first-order valence-electron chi connectivity index (χ1n) is 5.42. The fourth-order valence-corrected chi connectivity index (χ4v) is 1.52. The molecule has 1 aromatic carbocycles. The zero-order valence-corrected chi connectivity index (χ0v) is 10.4. The summed E-state index contributed by atoms with van der Waals surface area (Å²) in [6.07, 6.45) is 0. The molecule has 106 valence electrons. The largest absolute Gasteiger partial charge is 0.480 e. The predicted octanol–water partition coefficient (Wildman–Crippen LogP) is -0.473. The number of rotatable bonds is 5. The van der Waals surface area contributed by atoms with E-state index in [1.807, 2.05) is 5.32 Å². The average Bonchev–Trinajstić information content (AvgIpc) is 2.39. The summed E-state index contributed by atoms with van der Waals surface area (Å²) in [5, 5.41) is 22.1. The van der Waals surface area contributed by atoms with Crippen LogP contribution in [0.5, 0.6) is 0 Å². The highest BCUT2D eigenvalue weighted by Gasteiger charge is 2.60. The fourth-order valence-electron chi connectivity index (χ4n) is 1.52. The third-order valence-corrected chi connectivity index (χ3v) is 2.58. The van der Waals surface area contributed by atoms with Crippen molar-refractivity contribution in [2.24, 2.45) is 5.41 Å². The second kappa shape index (κ2) is 5.83. The van der Waals surface area contributed by atoms with Crippen molar-refractivity contribution in [2.45, 2.75) is 0 Å². The lowest BCUT2D eigenvalue weighted by Gasteiger charge is -2.21. The minimum Gasteiger partial charge on any atom is -0.480 e. The lowest BCUT2D eigenvalue weighted by Crippen LogP contribution is -2.58. The Kier molecular flexibility index (Phi) is 4.42. The summed E-state index contributed by atoms with van der Waals surface area (Å²) in [7, 11) is 1.04. The Morgan fingerprint density at radius 2 is 1.45 bits per heavy atom. The topological polar surface area (TPSA) is 133 Å². The molecule has 20 heavy (non-hydrogen) atoms. The number of anilines is 1. The third-order valence-electron chi connectivity index (χ3n) is 2.58. The molecule has 0 aliphatic carbocycles. The SMILES string of the molecule is CNC(=O)C(C(=O)O)(C(=O)O)C(=O)Nc1ccccc1. The van der Waals surface area contributed by atoms with Gasteiger partial charge in [0.05, 0.1) is 0 Å². The van der Waals surface area contributed by atoms with E-state index in [0.717, 1.165) is 7.05 Å². The zero-order valence-electron chi connectivity index (χ0n) is 10.4. The van der Waals surface area contributed by atoms with Crippen LogP contribution in [0.1, 0.15) is 0 Å². The van der Waals surface area contributed by atoms with Crippen LogP contribution < -0.4 is 10.6 Å². The summed E-state index contributed by atoms with van der Waals surface area (Å²) in [5.41, 5.74) is -3.07. The third kappa shape index (κ3) is 2.44. The molecule has 1 rings (SSSR count). The van der Waals surface area contributed by atoms with Gasteiger partial charge in [-0.2, -0.15) is 0 Å². The Balaban J connectivity index is 3.24. The maximum Gasteiger partial charge on any atom is 0.340 e. The van der Waals surface area contributed by atoms with Crippen LogP contribution >= 0.6 is 0 Å². The van der Waals surface area contributed by atoms with Crippen LogP contribution in [0.3, 0.4) is 0 Å². The molecule has 0 atom stereocenters. The molecule has 8 heteroatoms. The second-order valence-corrected chi connectivity index (χ2v) is 3.76. The van der Waals surface area contributed by atoms with Crippen molar-refractivity contribution in [1.82, 2.24) is 5.32 Å². The van der Waals surface area contributed by atoms with Gasteiger partial charge in [-0.3, -0.25) is 9.59 Å². The highest BCUT2D eigenvalue weighted by molar-refractivity contribution is 6.36. The predicted molar refractivity (Wildman–Crippen MR) is 66.8 cm³/mol. The summed E-state index contributed by atoms with van der Waals surface area (Å²) in [4.78, 5) is 46.0. The first-order valence-corrected chi connectivity index (χ1v) is 5.42. The molecule has 0 spiro atoms. The quantitative estimate of drug-likeness (QED) is 0.539. The maximum absolute atomic E-state index is 12.0. The van der Waals surface area contributed by atoms with Crippen LogP contribution in [0.2, 0.25) is 0 Å². The number of hydrogen-bond donors (Lipinski definition) is 4. The van der Waals surface area contributed by atoms with Crippen molar-refractivity contribution >= 4 is 29.4 Å². The van der Waals surface area contributed by atoms with Crippen LogP contribution in [0.4, 0.5) is 5.69 Å². The van der Waals surface area contributed by atoms with Crippen molar-refractivity contribution in [2.75, 3.05) is 12.4 Å². The molecular weight excluding hydrogens is 268 g/mol. The van der Waals surface area contributed by atoms with Crippen LogP contribution in [-0.4, -0.2) is 41.0 Å². The minimum absolute atomic E-state index is 0.174. The number of nitrogens with one attached hydrogen (secondary N) is 2. The average molecular weight is 280 g/mol. The number of aliphatic carboxylic acids is 2. The Hall–Kier alpha value is -2.90. The maximum atomic E-state index is 12.0. The second-order valence-electron chi connectivity index (χ2n) is 3.76. The number of benzene rings is 1. The van der Waals surface area contributed by atoms with Gasteiger partial charge in [0.1, 0.15) is 0 Å². The van der Waals surface area contributed by atoms with E-state index in [2.05, 4.69) is 5.32 Å². The number of para-hydroxylation sites is 1. The molecule has 0 aromatic heterocycles. The van der Waals surface area contributed by atoms with Gasteiger partial charge >= 0.3 is 17.4 Å². The highest BCUT2D eigenvalue weighted by Crippen LogP contribution is 2.22. The van der Waals surface area contributed by atoms with Gasteiger partial charge in [-0.1, -0.05) is 18.2 Å². The van der Waals surface area contributed by atoms with Gasteiger partial charge in [0, 0.05) is 12.7 Å². The number of amides is 2. The van der Waals surface area contributed by atoms with Crippen molar-refractivity contribution in [3.63, 3.8) is 0 Å². The molecule has 0 radical (unpaired) electrons. The molecule has 0 bridgehead atoms. The van der Waals surface area contributed by atoms with Gasteiger partial charge in [0.2, 0.25) is 0 Å². The van der Waals surface area contributed by atoms with E-state index in [-0.39, 0.29) is 5.69 Å². The fraction of sp³-hybridized carbons (Fsp3) is 0.167. The van der Waals surface area contributed by atoms with Gasteiger partial charge in [0.15, 0.2) is 0 Å². The zero-order chi connectivity index (χ0) is 15.3. The molecule has 2 amide bonds. The highest BCUT2D eigenvalue weighted by atomic mass is 16.4. The Labute approximate surface area is 113 Å². The molecule has 1 aromatic rings. The summed E-state index contributed by atoms with van der Waals surface area (Å²) in [6, 6.07) is 7.61. The molecule has 0 fully saturated rings. The first-order chi connectivity index (χ1) is 9.37. The molecular formula is C12H12N2O6. The number of carbonyl (C=O) groups excluding carboxylic acids is 2. The van der Waals surface area contributed by atoms with E-state index < -0.39 is 29.2 Å². The normalized spacial score (nSPS) is 10.4. The van der Waals surface area contributed by atoms with Gasteiger partial charge < -0.3 is 20.8 Å². The van der Waals surface area contributed by atoms with Crippen molar-refractivity contribution in [3.8, 4) is 0 Å². The molecule has 0 aliphatic rings. The Morgan fingerprint density at radius 3 is 1.85 bits per heavy atom. The van der Waals surface area contributed by atoms with Gasteiger partial charge in [0.25, 0.3) is 11.8 Å². The standard InChI is InChI=1S/C12H12N2O6/c1-13-8(15)12(10(17)18,11(19)20)9(16)14-7-5-3-2-4-6-7/h2-6H,1H3,(H,13,15)(H,14,16)(H,17,18)(H,19,20). The summed E-state index contributed by atoms with van der Waals surface area (Å²) in [6.45, 7) is 0. The lowest BCUT2D eigenvalue weighted by molar-refractivity contribution is -0.170. The van der Waals surface area contributed by atoms with Crippen LogP contribution in [0.15, 0.2) is 30.3 Å². The molecule has 0 unspecified atom stereocenters. The molecule has 0 aliphatic heterocycles. The Morgan fingerprint density at radius 1 is 0.950 bits per heavy atom. The van der Waals surface area contributed by atoms with E-state index in [0.29, 0.717) is 0 Å². The van der Waals surface area contributed by atoms with Crippen molar-refractivity contribution in [3.05, 3.63) is 30.3 Å². The molecule has 0 heterocycles. The number of carbonyl (C=O) groups is 4. The Bertz CT molecular complexity index is 540. The number of carboxylic acid groups (broad SMARTS) is 2. The van der Waals surface area contributed by atoms with Crippen molar-refractivity contribution in [1.29, 1.82) is 0 Å². The van der Waals surface area contributed by atoms with Gasteiger partial charge in [-0.25, -0.2) is 9.59 Å². The van der Waals surface area contributed by atoms with Crippen molar-refractivity contribution < 1.29 is 29.4 Å². The van der Waals surface area contributed by atoms with Crippen LogP contribution in [0.25, 0.3) is 0 Å². The van der Waals surface area contributed by atoms with Crippen LogP contribution in [-0.2, 0) is 19.2 Å². The van der Waals surface area contributed by atoms with Crippen LogP contribution in [0, 0.1) is 5.41 Å². The summed E-state index contributed by atoms with van der Waals surface area (Å²) >= 11 is 0. The van der Waals surface area contributed by atoms with E-state index in [1.54, 1.807) is 18.2 Å². The molecule has 0 saturated heterocycles. The van der Waals surface area contributed by atoms with Gasteiger partial charge in [-0.05, 0) is 12.1 Å². The monoisotopic (exact) mass is 280 g/mol. The lowest BCUT2D eigenvalue weighted by atomic mass is 9.85. The minimum atomic E-state index is -3.25. The summed E-state index contributed by atoms with van der Waals surface area (Å²) in [5.74, 6) is -7.04. The van der Waals surface area contributed by atoms with Gasteiger partial charge in [-0.15, -0.1) is 0 Å². The molecule has 8 nitrogen and oxygen atoms in total. The molecule has 4 N–H and O–H groups in total. The smallest absolute Gasteiger partial charge is 0.340 e.